The molecule has 106 valence electrons. The van der Waals surface area contributed by atoms with Gasteiger partial charge in [0.1, 0.15) is 17.3 Å². The molecular weight excluding hydrogens is 284 g/mol. The number of halogens is 1. The Labute approximate surface area is 128 Å². The lowest BCUT2D eigenvalue weighted by Gasteiger charge is -2.15. The van der Waals surface area contributed by atoms with Gasteiger partial charge in [0, 0.05) is 22.8 Å². The molecule has 3 rings (SSSR count). The molecule has 2 aromatic heterocycles. The topological polar surface area (TPSA) is 50.7 Å². The highest BCUT2D eigenvalue weighted by atomic mass is 35.5. The van der Waals surface area contributed by atoms with Crippen LogP contribution in [-0.4, -0.2) is 15.0 Å². The summed E-state index contributed by atoms with van der Waals surface area (Å²) in [4.78, 5) is 12.8. The van der Waals surface area contributed by atoms with Crippen LogP contribution in [0.25, 0.3) is 10.9 Å². The summed E-state index contributed by atoms with van der Waals surface area (Å²) in [5.41, 5.74) is 2.81. The number of hydrogen-bond donors (Lipinski definition) is 1. The van der Waals surface area contributed by atoms with E-state index in [1.807, 2.05) is 30.3 Å². The van der Waals surface area contributed by atoms with Crippen LogP contribution in [0.15, 0.2) is 42.9 Å². The molecule has 0 aliphatic rings. The zero-order valence-corrected chi connectivity index (χ0v) is 12.6. The molecule has 0 saturated heterocycles. The average Bonchev–Trinajstić information content (AvgIpc) is 2.47. The molecule has 3 aromatic rings. The molecule has 0 fully saturated rings. The summed E-state index contributed by atoms with van der Waals surface area (Å²) >= 11 is 6.21. The number of fused-ring (bicyclic) bond motifs is 1. The van der Waals surface area contributed by atoms with Crippen molar-refractivity contribution in [3.63, 3.8) is 0 Å². The fourth-order valence-electron chi connectivity index (χ4n) is 2.33. The van der Waals surface area contributed by atoms with Gasteiger partial charge in [-0.2, -0.15) is 0 Å². The van der Waals surface area contributed by atoms with Crippen molar-refractivity contribution in [2.75, 3.05) is 5.32 Å². The van der Waals surface area contributed by atoms with E-state index in [0.29, 0.717) is 5.15 Å². The van der Waals surface area contributed by atoms with Gasteiger partial charge in [-0.3, -0.25) is 4.98 Å². The van der Waals surface area contributed by atoms with Crippen LogP contribution in [-0.2, 0) is 0 Å². The highest BCUT2D eigenvalue weighted by molar-refractivity contribution is 6.30. The number of anilines is 2. The van der Waals surface area contributed by atoms with Crippen LogP contribution < -0.4 is 5.32 Å². The van der Waals surface area contributed by atoms with Gasteiger partial charge >= 0.3 is 0 Å². The second-order valence-electron chi connectivity index (χ2n) is 5.08. The standard InChI is InChI=1S/C16H15ClN4/c1-10(2)14-15(17)19-9-20-16(14)21-13-7-3-6-12-11(13)5-4-8-18-12/h3-10H,1-2H3,(H,19,20,21). The van der Waals surface area contributed by atoms with Crippen LogP contribution in [0.1, 0.15) is 25.3 Å². The van der Waals surface area contributed by atoms with E-state index < -0.39 is 0 Å². The molecule has 0 aliphatic carbocycles. The fraction of sp³-hybridized carbons (Fsp3) is 0.188. The van der Waals surface area contributed by atoms with E-state index >= 15 is 0 Å². The van der Waals surface area contributed by atoms with Crippen molar-refractivity contribution >= 4 is 34.0 Å². The molecule has 0 unspecified atom stereocenters. The second-order valence-corrected chi connectivity index (χ2v) is 5.44. The zero-order chi connectivity index (χ0) is 14.8. The Bertz CT molecular complexity index is 781. The van der Waals surface area contributed by atoms with Gasteiger partial charge in [-0.15, -0.1) is 0 Å². The molecule has 1 aromatic carbocycles. The van der Waals surface area contributed by atoms with Crippen molar-refractivity contribution in [1.29, 1.82) is 0 Å². The summed E-state index contributed by atoms with van der Waals surface area (Å²) in [6.07, 6.45) is 3.26. The lowest BCUT2D eigenvalue weighted by Crippen LogP contribution is -2.03. The number of hydrogen-bond acceptors (Lipinski definition) is 4. The third kappa shape index (κ3) is 2.67. The summed E-state index contributed by atoms with van der Waals surface area (Å²) in [6, 6.07) is 9.91. The van der Waals surface area contributed by atoms with Crippen LogP contribution in [0, 0.1) is 0 Å². The monoisotopic (exact) mass is 298 g/mol. The summed E-state index contributed by atoms with van der Waals surface area (Å²) in [7, 11) is 0. The summed E-state index contributed by atoms with van der Waals surface area (Å²) in [5, 5.41) is 4.89. The van der Waals surface area contributed by atoms with Crippen LogP contribution in [0.5, 0.6) is 0 Å². The number of pyridine rings is 1. The van der Waals surface area contributed by atoms with Gasteiger partial charge in [-0.1, -0.05) is 31.5 Å². The first-order valence-electron chi connectivity index (χ1n) is 6.78. The van der Waals surface area contributed by atoms with E-state index in [2.05, 4.69) is 34.1 Å². The van der Waals surface area contributed by atoms with Crippen LogP contribution in [0.3, 0.4) is 0 Å². The molecule has 21 heavy (non-hydrogen) atoms. The molecular formula is C16H15ClN4. The second kappa shape index (κ2) is 5.66. The third-order valence-corrected chi connectivity index (χ3v) is 3.61. The van der Waals surface area contributed by atoms with Crippen molar-refractivity contribution in [1.82, 2.24) is 15.0 Å². The van der Waals surface area contributed by atoms with E-state index in [0.717, 1.165) is 28.0 Å². The molecule has 0 saturated carbocycles. The Morgan fingerprint density at radius 3 is 2.71 bits per heavy atom. The number of benzene rings is 1. The summed E-state index contributed by atoms with van der Waals surface area (Å²) in [5.74, 6) is 0.968. The fourth-order valence-corrected chi connectivity index (χ4v) is 2.68. The zero-order valence-electron chi connectivity index (χ0n) is 11.8. The molecule has 0 bridgehead atoms. The SMILES string of the molecule is CC(C)c1c(Cl)ncnc1Nc1cccc2ncccc12. The van der Waals surface area contributed by atoms with E-state index in [9.17, 15) is 0 Å². The predicted octanol–water partition coefficient (Wildman–Crippen LogP) is 4.55. The maximum absolute atomic E-state index is 6.21. The number of rotatable bonds is 3. The summed E-state index contributed by atoms with van der Waals surface area (Å²) in [6.45, 7) is 4.14. The molecule has 0 amide bonds. The number of aromatic nitrogens is 3. The highest BCUT2D eigenvalue weighted by Gasteiger charge is 2.14. The van der Waals surface area contributed by atoms with Crippen molar-refractivity contribution < 1.29 is 0 Å². The summed E-state index contributed by atoms with van der Waals surface area (Å²) < 4.78 is 0. The van der Waals surface area contributed by atoms with Crippen molar-refractivity contribution in [3.8, 4) is 0 Å². The molecule has 1 N–H and O–H groups in total. The first-order chi connectivity index (χ1) is 10.2. The Kier molecular flexibility index (Phi) is 3.71. The quantitative estimate of drug-likeness (QED) is 0.721. The minimum atomic E-state index is 0.231. The first-order valence-corrected chi connectivity index (χ1v) is 7.16. The minimum absolute atomic E-state index is 0.231. The third-order valence-electron chi connectivity index (χ3n) is 3.31. The molecule has 0 aliphatic heterocycles. The van der Waals surface area contributed by atoms with Gasteiger partial charge in [0.2, 0.25) is 0 Å². The largest absolute Gasteiger partial charge is 0.339 e. The van der Waals surface area contributed by atoms with E-state index in [1.165, 1.54) is 6.33 Å². The van der Waals surface area contributed by atoms with Gasteiger partial charge < -0.3 is 5.32 Å². The minimum Gasteiger partial charge on any atom is -0.339 e. The molecule has 4 nitrogen and oxygen atoms in total. The van der Waals surface area contributed by atoms with Crippen molar-refractivity contribution in [3.05, 3.63) is 53.6 Å². The highest BCUT2D eigenvalue weighted by Crippen LogP contribution is 2.31. The van der Waals surface area contributed by atoms with Gasteiger partial charge in [-0.25, -0.2) is 9.97 Å². The molecule has 2 heterocycles. The van der Waals surface area contributed by atoms with Gasteiger partial charge in [0.05, 0.1) is 5.52 Å². The Hall–Kier alpha value is -2.20. The van der Waals surface area contributed by atoms with Gasteiger partial charge in [0.25, 0.3) is 0 Å². The van der Waals surface area contributed by atoms with Gasteiger partial charge in [-0.05, 0) is 30.2 Å². The van der Waals surface area contributed by atoms with Crippen molar-refractivity contribution in [2.24, 2.45) is 0 Å². The first kappa shape index (κ1) is 13.8. The Morgan fingerprint density at radius 2 is 1.90 bits per heavy atom. The maximum Gasteiger partial charge on any atom is 0.138 e. The lowest BCUT2D eigenvalue weighted by atomic mass is 10.1. The molecule has 0 radical (unpaired) electrons. The number of nitrogens with zero attached hydrogens (tertiary/aromatic N) is 3. The van der Waals surface area contributed by atoms with Crippen LogP contribution in [0.4, 0.5) is 11.5 Å². The van der Waals surface area contributed by atoms with E-state index in [-0.39, 0.29) is 5.92 Å². The molecule has 0 spiro atoms. The van der Waals surface area contributed by atoms with Crippen LogP contribution in [0.2, 0.25) is 5.15 Å². The van der Waals surface area contributed by atoms with Crippen molar-refractivity contribution in [2.45, 2.75) is 19.8 Å². The number of nitrogens with one attached hydrogen (secondary N) is 1. The van der Waals surface area contributed by atoms with E-state index in [4.69, 9.17) is 11.6 Å². The molecule has 5 heteroatoms. The maximum atomic E-state index is 6.21. The van der Waals surface area contributed by atoms with Gasteiger partial charge in [0.15, 0.2) is 0 Å². The van der Waals surface area contributed by atoms with E-state index in [1.54, 1.807) is 6.20 Å². The smallest absolute Gasteiger partial charge is 0.138 e. The lowest BCUT2D eigenvalue weighted by molar-refractivity contribution is 0.850. The molecule has 0 atom stereocenters. The average molecular weight is 299 g/mol. The van der Waals surface area contributed by atoms with Crippen LogP contribution >= 0.6 is 11.6 Å². The normalized spacial score (nSPS) is 11.0. The predicted molar refractivity (Wildman–Crippen MR) is 86.2 cm³/mol. The Balaban J connectivity index is 2.09. The Morgan fingerprint density at radius 1 is 1.05 bits per heavy atom.